The van der Waals surface area contributed by atoms with Crippen molar-refractivity contribution in [3.05, 3.63) is 75.1 Å². The lowest BCUT2D eigenvalue weighted by Gasteiger charge is -2.11. The Morgan fingerprint density at radius 2 is 1.80 bits per heavy atom. The van der Waals surface area contributed by atoms with E-state index in [0.717, 1.165) is 27.8 Å². The summed E-state index contributed by atoms with van der Waals surface area (Å²) >= 11 is 0. The third kappa shape index (κ3) is 4.09. The Balaban J connectivity index is 1.62. The van der Waals surface area contributed by atoms with Gasteiger partial charge in [-0.05, 0) is 49.6 Å². The SMILES string of the molecule is Cc1ccc(OCCNCc2cc(=O)oc3c(C)c(C)ccc23)cc1. The second-order valence-corrected chi connectivity index (χ2v) is 6.31. The molecule has 4 nitrogen and oxygen atoms in total. The minimum Gasteiger partial charge on any atom is -0.492 e. The number of hydrogen-bond donors (Lipinski definition) is 1. The highest BCUT2D eigenvalue weighted by molar-refractivity contribution is 5.83. The summed E-state index contributed by atoms with van der Waals surface area (Å²) in [6.45, 7) is 7.91. The number of rotatable bonds is 6. The van der Waals surface area contributed by atoms with Gasteiger partial charge in [0.15, 0.2) is 0 Å². The fourth-order valence-corrected chi connectivity index (χ4v) is 2.77. The predicted octanol–water partition coefficient (Wildman–Crippen LogP) is 3.89. The summed E-state index contributed by atoms with van der Waals surface area (Å²) < 4.78 is 11.1. The van der Waals surface area contributed by atoms with Gasteiger partial charge in [0, 0.05) is 24.5 Å². The molecule has 1 N–H and O–H groups in total. The summed E-state index contributed by atoms with van der Waals surface area (Å²) in [4.78, 5) is 11.9. The van der Waals surface area contributed by atoms with Crippen LogP contribution in [0.3, 0.4) is 0 Å². The largest absolute Gasteiger partial charge is 0.492 e. The maximum Gasteiger partial charge on any atom is 0.336 e. The molecule has 2 aromatic carbocycles. The van der Waals surface area contributed by atoms with E-state index in [9.17, 15) is 4.79 Å². The van der Waals surface area contributed by atoms with Crippen molar-refractivity contribution in [2.75, 3.05) is 13.2 Å². The molecule has 1 heterocycles. The lowest BCUT2D eigenvalue weighted by Crippen LogP contribution is -2.21. The van der Waals surface area contributed by atoms with Crippen molar-refractivity contribution in [3.8, 4) is 5.75 Å². The molecule has 0 aliphatic carbocycles. The van der Waals surface area contributed by atoms with Gasteiger partial charge in [-0.1, -0.05) is 29.8 Å². The fraction of sp³-hybridized carbons (Fsp3) is 0.286. The Hall–Kier alpha value is -2.59. The summed E-state index contributed by atoms with van der Waals surface area (Å²) in [5.74, 6) is 0.865. The number of aryl methyl sites for hydroxylation is 3. The molecular weight excluding hydrogens is 314 g/mol. The Morgan fingerprint density at radius 3 is 2.56 bits per heavy atom. The van der Waals surface area contributed by atoms with Gasteiger partial charge < -0.3 is 14.5 Å². The van der Waals surface area contributed by atoms with Crippen LogP contribution in [0.5, 0.6) is 5.75 Å². The Kier molecular flexibility index (Phi) is 5.19. The van der Waals surface area contributed by atoms with Crippen molar-refractivity contribution in [1.82, 2.24) is 5.32 Å². The molecule has 0 aliphatic rings. The molecule has 0 fully saturated rings. The molecule has 130 valence electrons. The van der Waals surface area contributed by atoms with Crippen LogP contribution in [-0.2, 0) is 6.54 Å². The minimum atomic E-state index is -0.311. The van der Waals surface area contributed by atoms with Crippen LogP contribution in [0.1, 0.15) is 22.3 Å². The molecule has 0 spiro atoms. The Labute approximate surface area is 147 Å². The zero-order valence-corrected chi connectivity index (χ0v) is 14.9. The zero-order valence-electron chi connectivity index (χ0n) is 14.9. The predicted molar refractivity (Wildman–Crippen MR) is 100 cm³/mol. The summed E-state index contributed by atoms with van der Waals surface area (Å²) in [5, 5.41) is 4.31. The first-order valence-corrected chi connectivity index (χ1v) is 8.48. The van der Waals surface area contributed by atoms with E-state index >= 15 is 0 Å². The second kappa shape index (κ2) is 7.53. The van der Waals surface area contributed by atoms with E-state index in [2.05, 4.69) is 18.3 Å². The van der Waals surface area contributed by atoms with Gasteiger partial charge in [-0.3, -0.25) is 0 Å². The topological polar surface area (TPSA) is 51.5 Å². The van der Waals surface area contributed by atoms with E-state index in [1.165, 1.54) is 5.56 Å². The molecule has 3 rings (SSSR count). The van der Waals surface area contributed by atoms with Crippen molar-refractivity contribution in [3.63, 3.8) is 0 Å². The maximum atomic E-state index is 11.9. The van der Waals surface area contributed by atoms with E-state index < -0.39 is 0 Å². The standard InChI is InChI=1S/C21H23NO3/c1-14-4-7-18(8-5-14)24-11-10-22-13-17-12-20(23)25-21-16(3)15(2)6-9-19(17)21/h4-9,12,22H,10-11,13H2,1-3H3. The third-order valence-electron chi connectivity index (χ3n) is 4.40. The number of benzene rings is 2. The monoisotopic (exact) mass is 337 g/mol. The highest BCUT2D eigenvalue weighted by Gasteiger charge is 2.09. The van der Waals surface area contributed by atoms with Gasteiger partial charge in [0.25, 0.3) is 0 Å². The average Bonchev–Trinajstić information content (AvgIpc) is 2.60. The molecule has 3 aromatic rings. The van der Waals surface area contributed by atoms with Crippen LogP contribution in [0, 0.1) is 20.8 Å². The van der Waals surface area contributed by atoms with Crippen LogP contribution in [-0.4, -0.2) is 13.2 Å². The lowest BCUT2D eigenvalue weighted by atomic mass is 10.0. The Bertz CT molecular complexity index is 926. The van der Waals surface area contributed by atoms with Crippen molar-refractivity contribution in [2.24, 2.45) is 0 Å². The van der Waals surface area contributed by atoms with Crippen molar-refractivity contribution >= 4 is 11.0 Å². The van der Waals surface area contributed by atoms with Gasteiger partial charge in [-0.2, -0.15) is 0 Å². The van der Waals surface area contributed by atoms with E-state index in [4.69, 9.17) is 9.15 Å². The molecular formula is C21H23NO3. The molecule has 0 aliphatic heterocycles. The molecule has 0 unspecified atom stereocenters. The number of nitrogens with one attached hydrogen (secondary N) is 1. The molecule has 4 heteroatoms. The maximum absolute atomic E-state index is 11.9. The first kappa shape index (κ1) is 17.2. The molecule has 0 radical (unpaired) electrons. The molecule has 0 saturated heterocycles. The summed E-state index contributed by atoms with van der Waals surface area (Å²) in [6, 6.07) is 13.6. The summed E-state index contributed by atoms with van der Waals surface area (Å²) in [6.07, 6.45) is 0. The first-order chi connectivity index (χ1) is 12.0. The van der Waals surface area contributed by atoms with Crippen molar-refractivity contribution in [2.45, 2.75) is 27.3 Å². The quantitative estimate of drug-likeness (QED) is 0.548. The average molecular weight is 337 g/mol. The first-order valence-electron chi connectivity index (χ1n) is 8.48. The van der Waals surface area contributed by atoms with Crippen molar-refractivity contribution in [1.29, 1.82) is 0 Å². The van der Waals surface area contributed by atoms with Crippen LogP contribution in [0.4, 0.5) is 0 Å². The van der Waals surface area contributed by atoms with Crippen LogP contribution < -0.4 is 15.7 Å². The molecule has 0 atom stereocenters. The van der Waals surface area contributed by atoms with Crippen LogP contribution >= 0.6 is 0 Å². The second-order valence-electron chi connectivity index (χ2n) is 6.31. The highest BCUT2D eigenvalue weighted by Crippen LogP contribution is 2.23. The van der Waals surface area contributed by atoms with Gasteiger partial charge in [0.05, 0.1) is 0 Å². The van der Waals surface area contributed by atoms with Gasteiger partial charge in [0.2, 0.25) is 0 Å². The highest BCUT2D eigenvalue weighted by atomic mass is 16.5. The molecule has 0 saturated carbocycles. The molecule has 0 bridgehead atoms. The zero-order chi connectivity index (χ0) is 17.8. The van der Waals surface area contributed by atoms with E-state index in [0.29, 0.717) is 25.3 Å². The van der Waals surface area contributed by atoms with Gasteiger partial charge >= 0.3 is 5.63 Å². The van der Waals surface area contributed by atoms with Gasteiger partial charge in [-0.15, -0.1) is 0 Å². The van der Waals surface area contributed by atoms with E-state index in [-0.39, 0.29) is 5.63 Å². The normalized spacial score (nSPS) is 11.0. The van der Waals surface area contributed by atoms with Crippen molar-refractivity contribution < 1.29 is 9.15 Å². The molecule has 0 amide bonds. The smallest absolute Gasteiger partial charge is 0.336 e. The van der Waals surface area contributed by atoms with Crippen LogP contribution in [0.2, 0.25) is 0 Å². The lowest BCUT2D eigenvalue weighted by molar-refractivity contribution is 0.313. The number of hydrogen-bond acceptors (Lipinski definition) is 4. The number of ether oxygens (including phenoxy) is 1. The van der Waals surface area contributed by atoms with Gasteiger partial charge in [-0.25, -0.2) is 4.79 Å². The summed E-state index contributed by atoms with van der Waals surface area (Å²) in [5.41, 5.74) is 4.66. The minimum absolute atomic E-state index is 0.311. The van der Waals surface area contributed by atoms with E-state index in [1.54, 1.807) is 6.07 Å². The van der Waals surface area contributed by atoms with Crippen LogP contribution in [0.25, 0.3) is 11.0 Å². The Morgan fingerprint density at radius 1 is 1.04 bits per heavy atom. The third-order valence-corrected chi connectivity index (χ3v) is 4.40. The fourth-order valence-electron chi connectivity index (χ4n) is 2.77. The van der Waals surface area contributed by atoms with E-state index in [1.807, 2.05) is 44.2 Å². The van der Waals surface area contributed by atoms with Gasteiger partial charge in [0.1, 0.15) is 17.9 Å². The molecule has 1 aromatic heterocycles. The number of fused-ring (bicyclic) bond motifs is 1. The van der Waals surface area contributed by atoms with Crippen LogP contribution in [0.15, 0.2) is 51.7 Å². The molecule has 25 heavy (non-hydrogen) atoms. The summed E-state index contributed by atoms with van der Waals surface area (Å²) in [7, 11) is 0.